The maximum Gasteiger partial charge on any atom is 0.337 e. The van der Waals surface area contributed by atoms with Gasteiger partial charge < -0.3 is 14.4 Å². The van der Waals surface area contributed by atoms with Crippen LogP contribution in [0.2, 0.25) is 5.02 Å². The van der Waals surface area contributed by atoms with Crippen molar-refractivity contribution in [1.82, 2.24) is 4.57 Å². The number of hydrogen-bond donors (Lipinski definition) is 1. The number of halogens is 1. The molecule has 0 aliphatic heterocycles. The van der Waals surface area contributed by atoms with Gasteiger partial charge in [0.25, 0.3) is 0 Å². The summed E-state index contributed by atoms with van der Waals surface area (Å²) >= 11 is 5.93. The monoisotopic (exact) mass is 315 g/mol. The van der Waals surface area contributed by atoms with E-state index in [2.05, 4.69) is 0 Å². The Hall–Kier alpha value is -2.46. The van der Waals surface area contributed by atoms with E-state index in [1.807, 2.05) is 35.9 Å². The number of nitrogens with zero attached hydrogens (tertiary/aromatic N) is 1. The van der Waals surface area contributed by atoms with E-state index in [1.165, 1.54) is 0 Å². The van der Waals surface area contributed by atoms with Crippen molar-refractivity contribution in [2.24, 2.45) is 7.05 Å². The molecule has 0 radical (unpaired) electrons. The first-order valence-corrected chi connectivity index (χ1v) is 7.13. The topological polar surface area (TPSA) is 51.5 Å². The summed E-state index contributed by atoms with van der Waals surface area (Å²) < 4.78 is 7.58. The van der Waals surface area contributed by atoms with Crippen molar-refractivity contribution in [2.45, 2.75) is 6.61 Å². The van der Waals surface area contributed by atoms with Gasteiger partial charge in [0.15, 0.2) is 0 Å². The molecule has 0 bridgehead atoms. The summed E-state index contributed by atoms with van der Waals surface area (Å²) in [5.74, 6) is -0.259. The van der Waals surface area contributed by atoms with Gasteiger partial charge in [-0.15, -0.1) is 0 Å². The minimum Gasteiger partial charge on any atom is -0.487 e. The highest BCUT2D eigenvalue weighted by atomic mass is 35.5. The van der Waals surface area contributed by atoms with E-state index in [9.17, 15) is 9.90 Å². The molecule has 0 aliphatic carbocycles. The maximum absolute atomic E-state index is 11.3. The van der Waals surface area contributed by atoms with E-state index in [4.69, 9.17) is 16.3 Å². The minimum atomic E-state index is -0.936. The third-order valence-corrected chi connectivity index (χ3v) is 3.80. The Bertz CT molecular complexity index is 854. The number of hydrogen-bond acceptors (Lipinski definition) is 2. The highest BCUT2D eigenvalue weighted by Gasteiger charge is 2.14. The second-order valence-electron chi connectivity index (χ2n) is 4.99. The molecule has 0 saturated carbocycles. The van der Waals surface area contributed by atoms with Crippen LogP contribution in [-0.4, -0.2) is 15.6 Å². The lowest BCUT2D eigenvalue weighted by molar-refractivity contribution is 0.0698. The van der Waals surface area contributed by atoms with Gasteiger partial charge in [0.2, 0.25) is 0 Å². The van der Waals surface area contributed by atoms with Crippen molar-refractivity contribution in [1.29, 1.82) is 0 Å². The van der Waals surface area contributed by atoms with Crippen LogP contribution < -0.4 is 4.74 Å². The van der Waals surface area contributed by atoms with Crippen molar-refractivity contribution < 1.29 is 14.6 Å². The molecule has 22 heavy (non-hydrogen) atoms. The normalized spacial score (nSPS) is 10.8. The van der Waals surface area contributed by atoms with Crippen molar-refractivity contribution in [3.8, 4) is 5.75 Å². The van der Waals surface area contributed by atoms with Crippen LogP contribution in [0.5, 0.6) is 5.75 Å². The van der Waals surface area contributed by atoms with Gasteiger partial charge in [0, 0.05) is 17.5 Å². The zero-order valence-corrected chi connectivity index (χ0v) is 12.7. The van der Waals surface area contributed by atoms with Crippen LogP contribution in [0.3, 0.4) is 0 Å². The summed E-state index contributed by atoms with van der Waals surface area (Å²) in [6.07, 6.45) is 0. The SMILES string of the molecule is Cn1c(COc2cccc(Cl)c2)cc2cccc(C(=O)O)c21. The molecular weight excluding hydrogens is 302 g/mol. The van der Waals surface area contributed by atoms with Gasteiger partial charge in [-0.25, -0.2) is 4.79 Å². The fourth-order valence-corrected chi connectivity index (χ4v) is 2.68. The van der Waals surface area contributed by atoms with Crippen LogP contribution in [0.25, 0.3) is 10.9 Å². The second kappa shape index (κ2) is 5.73. The first-order valence-electron chi connectivity index (χ1n) is 6.75. The van der Waals surface area contributed by atoms with Crippen molar-refractivity contribution in [2.75, 3.05) is 0 Å². The Morgan fingerprint density at radius 3 is 2.73 bits per heavy atom. The first kappa shape index (κ1) is 14.5. The Morgan fingerprint density at radius 2 is 2.00 bits per heavy atom. The summed E-state index contributed by atoms with van der Waals surface area (Å²) in [6, 6.07) is 14.4. The fourth-order valence-electron chi connectivity index (χ4n) is 2.50. The van der Waals surface area contributed by atoms with Crippen molar-refractivity contribution >= 4 is 28.5 Å². The van der Waals surface area contributed by atoms with Gasteiger partial charge in [0.1, 0.15) is 12.4 Å². The Kier molecular flexibility index (Phi) is 3.77. The number of ether oxygens (including phenoxy) is 1. The highest BCUT2D eigenvalue weighted by molar-refractivity contribution is 6.30. The molecule has 1 N–H and O–H groups in total. The molecule has 2 aromatic carbocycles. The summed E-state index contributed by atoms with van der Waals surface area (Å²) in [4.78, 5) is 11.3. The predicted molar refractivity (Wildman–Crippen MR) is 85.7 cm³/mol. The summed E-state index contributed by atoms with van der Waals surface area (Å²) in [5.41, 5.74) is 1.87. The van der Waals surface area contributed by atoms with Crippen LogP contribution in [0, 0.1) is 0 Å². The molecule has 0 aliphatic rings. The molecule has 0 amide bonds. The van der Waals surface area contributed by atoms with Gasteiger partial charge >= 0.3 is 5.97 Å². The lowest BCUT2D eigenvalue weighted by atomic mass is 10.1. The average Bonchev–Trinajstić information content (AvgIpc) is 2.82. The largest absolute Gasteiger partial charge is 0.487 e. The van der Waals surface area contributed by atoms with Crippen LogP contribution in [0.15, 0.2) is 48.5 Å². The molecule has 3 rings (SSSR count). The molecule has 0 saturated heterocycles. The first-order chi connectivity index (χ1) is 10.6. The van der Waals surface area contributed by atoms with Crippen LogP contribution >= 0.6 is 11.6 Å². The molecule has 0 fully saturated rings. The van der Waals surface area contributed by atoms with E-state index < -0.39 is 5.97 Å². The highest BCUT2D eigenvalue weighted by Crippen LogP contribution is 2.24. The minimum absolute atomic E-state index is 0.286. The number of aryl methyl sites for hydroxylation is 1. The van der Waals surface area contributed by atoms with Gasteiger partial charge in [-0.3, -0.25) is 0 Å². The Balaban J connectivity index is 1.93. The fraction of sp³-hybridized carbons (Fsp3) is 0.118. The van der Waals surface area contributed by atoms with Crippen LogP contribution in [-0.2, 0) is 13.7 Å². The van der Waals surface area contributed by atoms with E-state index >= 15 is 0 Å². The van der Waals surface area contributed by atoms with Crippen molar-refractivity contribution in [3.63, 3.8) is 0 Å². The summed E-state index contributed by atoms with van der Waals surface area (Å²) in [6.45, 7) is 0.338. The third-order valence-electron chi connectivity index (χ3n) is 3.57. The molecule has 0 atom stereocenters. The molecule has 1 heterocycles. The molecule has 3 aromatic rings. The molecule has 0 unspecified atom stereocenters. The number of rotatable bonds is 4. The molecule has 5 heteroatoms. The number of fused-ring (bicyclic) bond motifs is 1. The van der Waals surface area contributed by atoms with E-state index in [1.54, 1.807) is 24.3 Å². The second-order valence-corrected chi connectivity index (χ2v) is 5.43. The number of aromatic carboxylic acids is 1. The number of benzene rings is 2. The zero-order valence-electron chi connectivity index (χ0n) is 11.9. The van der Waals surface area contributed by atoms with Crippen LogP contribution in [0.1, 0.15) is 16.1 Å². The molecular formula is C17H14ClNO3. The number of para-hydroxylation sites is 1. The Morgan fingerprint density at radius 1 is 1.23 bits per heavy atom. The smallest absolute Gasteiger partial charge is 0.337 e. The number of carboxylic acids is 1. The number of carboxylic acid groups (broad SMARTS) is 1. The van der Waals surface area contributed by atoms with Crippen molar-refractivity contribution in [3.05, 3.63) is 64.8 Å². The Labute approximate surface area is 132 Å². The maximum atomic E-state index is 11.3. The van der Waals surface area contributed by atoms with E-state index in [0.29, 0.717) is 22.9 Å². The van der Waals surface area contributed by atoms with Gasteiger partial charge in [-0.1, -0.05) is 29.8 Å². The lowest BCUT2D eigenvalue weighted by Gasteiger charge is -2.08. The average molecular weight is 316 g/mol. The van der Waals surface area contributed by atoms with E-state index in [0.717, 1.165) is 11.1 Å². The van der Waals surface area contributed by atoms with Gasteiger partial charge in [-0.2, -0.15) is 0 Å². The summed E-state index contributed by atoms with van der Waals surface area (Å²) in [5, 5.41) is 10.8. The number of carbonyl (C=O) groups is 1. The summed E-state index contributed by atoms with van der Waals surface area (Å²) in [7, 11) is 1.84. The zero-order chi connectivity index (χ0) is 15.7. The lowest BCUT2D eigenvalue weighted by Crippen LogP contribution is -2.04. The van der Waals surface area contributed by atoms with E-state index in [-0.39, 0.29) is 5.56 Å². The molecule has 0 spiro atoms. The quantitative estimate of drug-likeness (QED) is 0.788. The predicted octanol–water partition coefficient (Wildman–Crippen LogP) is 4.11. The van der Waals surface area contributed by atoms with Gasteiger partial charge in [0.05, 0.1) is 16.8 Å². The standard InChI is InChI=1S/C17H14ClNO3/c1-19-13(10-22-14-6-3-5-12(18)9-14)8-11-4-2-7-15(16(11)19)17(20)21/h2-9H,10H2,1H3,(H,20,21). The molecule has 4 nitrogen and oxygen atoms in total. The third kappa shape index (κ3) is 2.65. The molecule has 1 aromatic heterocycles. The number of aromatic nitrogens is 1. The molecule has 112 valence electrons. The van der Waals surface area contributed by atoms with Crippen LogP contribution in [0.4, 0.5) is 0 Å². The van der Waals surface area contributed by atoms with Gasteiger partial charge in [-0.05, 0) is 30.3 Å².